The van der Waals surface area contributed by atoms with Gasteiger partial charge in [0.2, 0.25) is 5.91 Å². The first-order valence-corrected chi connectivity index (χ1v) is 9.88. The number of carbonyl (C=O) groups excluding carboxylic acids is 2. The molecule has 7 nitrogen and oxygen atoms in total. The summed E-state index contributed by atoms with van der Waals surface area (Å²) in [4.78, 5) is 29.7. The van der Waals surface area contributed by atoms with Crippen LogP contribution >= 0.6 is 0 Å². The van der Waals surface area contributed by atoms with Crippen molar-refractivity contribution >= 4 is 17.8 Å². The molecule has 2 N–H and O–H groups in total. The number of rotatable bonds is 10. The Hall–Kier alpha value is -1.79. The summed E-state index contributed by atoms with van der Waals surface area (Å²) < 4.78 is 4.63. The number of hydrogen-bond acceptors (Lipinski definition) is 4. The van der Waals surface area contributed by atoms with Crippen molar-refractivity contribution in [2.75, 3.05) is 33.3 Å². The van der Waals surface area contributed by atoms with Gasteiger partial charge in [-0.05, 0) is 26.2 Å². The molecule has 0 aromatic heterocycles. The highest BCUT2D eigenvalue weighted by Gasteiger charge is 2.27. The molecule has 0 aliphatic carbocycles. The Labute approximate surface area is 157 Å². The molecule has 7 heteroatoms. The van der Waals surface area contributed by atoms with Crippen LogP contribution in [-0.2, 0) is 14.3 Å². The fraction of sp³-hybridized carbons (Fsp3) is 0.842. The standard InChI is InChI=1S/C19H36N4O3/c1-5-20-19(21-12-9-7-6-8-10-17(24)26-4)22-16-11-13-23(14-16)18(25)15(2)3/h15-16H,5-14H2,1-4H3,(H2,20,21,22). The van der Waals surface area contributed by atoms with Crippen LogP contribution in [0.25, 0.3) is 0 Å². The average molecular weight is 369 g/mol. The number of likely N-dealkylation sites (tertiary alicyclic amines) is 1. The number of hydrogen-bond donors (Lipinski definition) is 2. The highest BCUT2D eigenvalue weighted by molar-refractivity contribution is 5.81. The molecule has 0 bridgehead atoms. The SMILES string of the molecule is CCNC(=NCCCCCCC(=O)OC)NC1CCN(C(=O)C(C)C)C1. The molecule has 0 aromatic carbocycles. The van der Waals surface area contributed by atoms with Crippen molar-refractivity contribution in [3.8, 4) is 0 Å². The normalized spacial score (nSPS) is 17.5. The second-order valence-electron chi connectivity index (χ2n) is 7.07. The number of methoxy groups -OCH3 is 1. The van der Waals surface area contributed by atoms with Crippen LogP contribution in [0, 0.1) is 5.92 Å². The Morgan fingerprint density at radius 3 is 2.62 bits per heavy atom. The van der Waals surface area contributed by atoms with Gasteiger partial charge in [-0.25, -0.2) is 0 Å². The van der Waals surface area contributed by atoms with E-state index in [0.717, 1.165) is 64.2 Å². The molecule has 1 unspecified atom stereocenters. The minimum Gasteiger partial charge on any atom is -0.469 e. The third-order valence-corrected chi connectivity index (χ3v) is 4.47. The molecule has 1 aliphatic heterocycles. The van der Waals surface area contributed by atoms with Gasteiger partial charge in [0, 0.05) is 44.6 Å². The first kappa shape index (κ1) is 22.3. The van der Waals surface area contributed by atoms with Gasteiger partial charge in [-0.2, -0.15) is 0 Å². The summed E-state index contributed by atoms with van der Waals surface area (Å²) in [5.41, 5.74) is 0. The summed E-state index contributed by atoms with van der Waals surface area (Å²) in [5, 5.41) is 6.72. The lowest BCUT2D eigenvalue weighted by molar-refractivity contribution is -0.140. The smallest absolute Gasteiger partial charge is 0.305 e. The molecule has 1 aliphatic rings. The van der Waals surface area contributed by atoms with E-state index in [9.17, 15) is 9.59 Å². The summed E-state index contributed by atoms with van der Waals surface area (Å²) in [6, 6.07) is 0.260. The van der Waals surface area contributed by atoms with E-state index in [-0.39, 0.29) is 23.8 Å². The molecule has 1 fully saturated rings. The first-order valence-electron chi connectivity index (χ1n) is 9.88. The van der Waals surface area contributed by atoms with E-state index in [0.29, 0.717) is 6.42 Å². The zero-order chi connectivity index (χ0) is 19.4. The molecule has 1 atom stereocenters. The number of amides is 1. The van der Waals surface area contributed by atoms with E-state index in [1.807, 2.05) is 25.7 Å². The number of esters is 1. The van der Waals surface area contributed by atoms with Crippen LogP contribution in [0.15, 0.2) is 4.99 Å². The third-order valence-electron chi connectivity index (χ3n) is 4.47. The van der Waals surface area contributed by atoms with Gasteiger partial charge in [0.1, 0.15) is 0 Å². The van der Waals surface area contributed by atoms with Gasteiger partial charge >= 0.3 is 5.97 Å². The minimum absolute atomic E-state index is 0.0508. The van der Waals surface area contributed by atoms with E-state index in [4.69, 9.17) is 0 Å². The zero-order valence-corrected chi connectivity index (χ0v) is 16.8. The van der Waals surface area contributed by atoms with Crippen LogP contribution in [0.3, 0.4) is 0 Å². The van der Waals surface area contributed by atoms with Gasteiger partial charge in [-0.1, -0.05) is 26.7 Å². The highest BCUT2D eigenvalue weighted by Crippen LogP contribution is 2.12. The number of guanidine groups is 1. The second kappa shape index (κ2) is 12.5. The van der Waals surface area contributed by atoms with E-state index in [1.54, 1.807) is 0 Å². The van der Waals surface area contributed by atoms with Gasteiger partial charge in [0.15, 0.2) is 5.96 Å². The molecule has 26 heavy (non-hydrogen) atoms. The third kappa shape index (κ3) is 8.54. The summed E-state index contributed by atoms with van der Waals surface area (Å²) >= 11 is 0. The van der Waals surface area contributed by atoms with Gasteiger partial charge in [0.25, 0.3) is 0 Å². The molecule has 1 heterocycles. The largest absolute Gasteiger partial charge is 0.469 e. The lowest BCUT2D eigenvalue weighted by atomic mass is 10.1. The quantitative estimate of drug-likeness (QED) is 0.266. The summed E-state index contributed by atoms with van der Waals surface area (Å²) in [7, 11) is 1.43. The first-order chi connectivity index (χ1) is 12.5. The molecule has 1 rings (SSSR count). The predicted molar refractivity (Wildman–Crippen MR) is 104 cm³/mol. The van der Waals surface area contributed by atoms with Gasteiger partial charge < -0.3 is 20.3 Å². The molecule has 0 radical (unpaired) electrons. The van der Waals surface area contributed by atoms with Crippen molar-refractivity contribution in [2.24, 2.45) is 10.9 Å². The van der Waals surface area contributed by atoms with Crippen molar-refractivity contribution in [3.05, 3.63) is 0 Å². The molecule has 150 valence electrons. The Morgan fingerprint density at radius 1 is 1.23 bits per heavy atom. The molecule has 0 aromatic rings. The number of carbonyl (C=O) groups is 2. The van der Waals surface area contributed by atoms with Crippen molar-refractivity contribution < 1.29 is 14.3 Å². The Bertz CT molecular complexity index is 466. The van der Waals surface area contributed by atoms with E-state index >= 15 is 0 Å². The van der Waals surface area contributed by atoms with Gasteiger partial charge in [-0.15, -0.1) is 0 Å². The second-order valence-corrected chi connectivity index (χ2v) is 7.07. The zero-order valence-electron chi connectivity index (χ0n) is 16.8. The molecular formula is C19H36N4O3. The molecule has 0 spiro atoms. The summed E-state index contributed by atoms with van der Waals surface area (Å²) in [5.74, 6) is 0.965. The van der Waals surface area contributed by atoms with E-state index in [2.05, 4.69) is 20.4 Å². The Balaban J connectivity index is 2.29. The van der Waals surface area contributed by atoms with Crippen molar-refractivity contribution in [1.29, 1.82) is 0 Å². The van der Waals surface area contributed by atoms with E-state index in [1.165, 1.54) is 7.11 Å². The van der Waals surface area contributed by atoms with Crippen LogP contribution in [0.1, 0.15) is 59.3 Å². The maximum atomic E-state index is 12.1. The van der Waals surface area contributed by atoms with Gasteiger partial charge in [0.05, 0.1) is 7.11 Å². The maximum Gasteiger partial charge on any atom is 0.305 e. The van der Waals surface area contributed by atoms with Crippen LogP contribution in [0.4, 0.5) is 0 Å². The van der Waals surface area contributed by atoms with Crippen LogP contribution in [0.5, 0.6) is 0 Å². The molecule has 1 saturated heterocycles. The van der Waals surface area contributed by atoms with Crippen molar-refractivity contribution in [3.63, 3.8) is 0 Å². The van der Waals surface area contributed by atoms with Crippen molar-refractivity contribution in [1.82, 2.24) is 15.5 Å². The number of aliphatic imine (C=N–C) groups is 1. The Kier molecular flexibility index (Phi) is 10.7. The van der Waals surface area contributed by atoms with E-state index < -0.39 is 0 Å². The predicted octanol–water partition coefficient (Wildman–Crippen LogP) is 1.92. The lowest BCUT2D eigenvalue weighted by Crippen LogP contribution is -2.45. The highest BCUT2D eigenvalue weighted by atomic mass is 16.5. The Morgan fingerprint density at radius 2 is 1.96 bits per heavy atom. The topological polar surface area (TPSA) is 83.0 Å². The fourth-order valence-electron chi connectivity index (χ4n) is 2.98. The molecular weight excluding hydrogens is 332 g/mol. The lowest BCUT2D eigenvalue weighted by Gasteiger charge is -2.20. The monoisotopic (exact) mass is 368 g/mol. The average Bonchev–Trinajstić information content (AvgIpc) is 3.08. The van der Waals surface area contributed by atoms with Crippen LogP contribution in [0.2, 0.25) is 0 Å². The molecule has 1 amide bonds. The number of ether oxygens (including phenoxy) is 1. The number of nitrogens with one attached hydrogen (secondary N) is 2. The molecule has 0 saturated carbocycles. The van der Waals surface area contributed by atoms with Crippen LogP contribution < -0.4 is 10.6 Å². The van der Waals surface area contributed by atoms with Gasteiger partial charge in [-0.3, -0.25) is 14.6 Å². The maximum absolute atomic E-state index is 12.1. The fourth-order valence-corrected chi connectivity index (χ4v) is 2.98. The summed E-state index contributed by atoms with van der Waals surface area (Å²) in [6.45, 7) is 9.07. The minimum atomic E-state index is -0.136. The van der Waals surface area contributed by atoms with Crippen molar-refractivity contribution in [2.45, 2.75) is 65.3 Å². The summed E-state index contributed by atoms with van der Waals surface area (Å²) in [6.07, 6.45) is 5.40. The number of unbranched alkanes of at least 4 members (excludes halogenated alkanes) is 3. The number of nitrogens with zero attached hydrogens (tertiary/aromatic N) is 2. The van der Waals surface area contributed by atoms with Crippen LogP contribution in [-0.4, -0.2) is 62.1 Å².